The van der Waals surface area contributed by atoms with Crippen molar-refractivity contribution in [1.29, 1.82) is 0 Å². The van der Waals surface area contributed by atoms with Gasteiger partial charge in [-0.3, -0.25) is 0 Å². The van der Waals surface area contributed by atoms with E-state index < -0.39 is 43.3 Å². The SMILES string of the molecule is O=C(O[C@@H]1[C@@H](Oc2ccccc2CO)O[C@@H](CO)[C@H](O)[C@H]1O)c1ccccc1. The monoisotopic (exact) mass is 390 g/mol. The number of benzene rings is 2. The molecule has 1 aliphatic rings. The van der Waals surface area contributed by atoms with E-state index in [2.05, 4.69) is 0 Å². The van der Waals surface area contributed by atoms with Gasteiger partial charge < -0.3 is 34.6 Å². The molecule has 5 atom stereocenters. The van der Waals surface area contributed by atoms with Crippen LogP contribution in [-0.4, -0.2) is 63.7 Å². The number of aliphatic hydroxyl groups is 4. The number of ether oxygens (including phenoxy) is 3. The smallest absolute Gasteiger partial charge is 0.338 e. The van der Waals surface area contributed by atoms with E-state index in [-0.39, 0.29) is 17.9 Å². The summed E-state index contributed by atoms with van der Waals surface area (Å²) in [6.07, 6.45) is -6.84. The van der Waals surface area contributed by atoms with Crippen molar-refractivity contribution in [1.82, 2.24) is 0 Å². The number of para-hydroxylation sites is 1. The Bertz CT molecular complexity index is 781. The van der Waals surface area contributed by atoms with Crippen molar-refractivity contribution in [2.45, 2.75) is 37.3 Å². The summed E-state index contributed by atoms with van der Waals surface area (Å²) in [5.41, 5.74) is 0.711. The first-order valence-corrected chi connectivity index (χ1v) is 8.79. The zero-order valence-corrected chi connectivity index (χ0v) is 14.9. The lowest BCUT2D eigenvalue weighted by molar-refractivity contribution is -0.276. The second kappa shape index (κ2) is 9.13. The Balaban J connectivity index is 1.85. The second-order valence-corrected chi connectivity index (χ2v) is 6.33. The molecule has 0 amide bonds. The van der Waals surface area contributed by atoms with Crippen LogP contribution in [-0.2, 0) is 16.1 Å². The maximum Gasteiger partial charge on any atom is 0.338 e. The highest BCUT2D eigenvalue weighted by Crippen LogP contribution is 2.28. The van der Waals surface area contributed by atoms with Gasteiger partial charge in [-0.25, -0.2) is 4.79 Å². The molecule has 150 valence electrons. The van der Waals surface area contributed by atoms with Crippen molar-refractivity contribution in [2.75, 3.05) is 6.61 Å². The maximum atomic E-state index is 12.4. The summed E-state index contributed by atoms with van der Waals surface area (Å²) < 4.78 is 16.6. The van der Waals surface area contributed by atoms with Gasteiger partial charge in [0.15, 0.2) is 6.10 Å². The van der Waals surface area contributed by atoms with Crippen molar-refractivity contribution in [3.8, 4) is 5.75 Å². The summed E-state index contributed by atoms with van der Waals surface area (Å²) in [6, 6.07) is 14.7. The van der Waals surface area contributed by atoms with Crippen molar-refractivity contribution in [2.24, 2.45) is 0 Å². The summed E-state index contributed by atoms with van der Waals surface area (Å²) in [7, 11) is 0. The summed E-state index contributed by atoms with van der Waals surface area (Å²) in [5.74, 6) is -0.469. The van der Waals surface area contributed by atoms with E-state index in [0.29, 0.717) is 5.56 Å². The zero-order chi connectivity index (χ0) is 20.1. The number of carbonyl (C=O) groups excluding carboxylic acids is 1. The van der Waals surface area contributed by atoms with Gasteiger partial charge in [0.1, 0.15) is 24.1 Å². The molecule has 1 heterocycles. The molecule has 2 aromatic rings. The molecule has 0 aliphatic carbocycles. The van der Waals surface area contributed by atoms with Crippen LogP contribution < -0.4 is 4.74 Å². The molecular formula is C20H22O8. The molecule has 1 saturated heterocycles. The van der Waals surface area contributed by atoms with Gasteiger partial charge in [-0.15, -0.1) is 0 Å². The fraction of sp³-hybridized carbons (Fsp3) is 0.350. The minimum Gasteiger partial charge on any atom is -0.460 e. The van der Waals surface area contributed by atoms with Crippen LogP contribution in [0.3, 0.4) is 0 Å². The molecule has 8 heteroatoms. The predicted molar refractivity (Wildman–Crippen MR) is 96.4 cm³/mol. The van der Waals surface area contributed by atoms with Gasteiger partial charge in [0.25, 0.3) is 0 Å². The highest BCUT2D eigenvalue weighted by molar-refractivity contribution is 5.89. The second-order valence-electron chi connectivity index (χ2n) is 6.33. The molecule has 28 heavy (non-hydrogen) atoms. The summed E-state index contributed by atoms with van der Waals surface area (Å²) >= 11 is 0. The Morgan fingerprint density at radius 3 is 2.32 bits per heavy atom. The lowest BCUT2D eigenvalue weighted by atomic mass is 9.99. The third kappa shape index (κ3) is 4.32. The fourth-order valence-electron chi connectivity index (χ4n) is 2.92. The third-order valence-electron chi connectivity index (χ3n) is 4.46. The van der Waals surface area contributed by atoms with Crippen LogP contribution in [0.1, 0.15) is 15.9 Å². The van der Waals surface area contributed by atoms with E-state index >= 15 is 0 Å². The van der Waals surface area contributed by atoms with E-state index in [9.17, 15) is 25.2 Å². The van der Waals surface area contributed by atoms with Gasteiger partial charge in [0, 0.05) is 5.56 Å². The van der Waals surface area contributed by atoms with Crippen molar-refractivity contribution in [3.05, 3.63) is 65.7 Å². The van der Waals surface area contributed by atoms with Crippen LogP contribution in [0.4, 0.5) is 0 Å². The first-order chi connectivity index (χ1) is 13.5. The lowest BCUT2D eigenvalue weighted by Gasteiger charge is -2.41. The minimum atomic E-state index is -1.55. The van der Waals surface area contributed by atoms with Crippen LogP contribution in [0.5, 0.6) is 5.75 Å². The summed E-state index contributed by atoms with van der Waals surface area (Å²) in [6.45, 7) is -0.870. The normalized spacial score (nSPS) is 27.2. The van der Waals surface area contributed by atoms with Crippen LogP contribution in [0.2, 0.25) is 0 Å². The van der Waals surface area contributed by atoms with E-state index in [1.165, 1.54) is 0 Å². The van der Waals surface area contributed by atoms with E-state index in [1.807, 2.05) is 0 Å². The molecule has 0 aromatic heterocycles. The number of aliphatic hydroxyl groups excluding tert-OH is 4. The average Bonchev–Trinajstić information content (AvgIpc) is 2.74. The van der Waals surface area contributed by atoms with E-state index in [1.54, 1.807) is 54.6 Å². The molecule has 2 aromatic carbocycles. The van der Waals surface area contributed by atoms with E-state index in [4.69, 9.17) is 14.2 Å². The Morgan fingerprint density at radius 2 is 1.64 bits per heavy atom. The number of carbonyl (C=O) groups is 1. The van der Waals surface area contributed by atoms with Crippen LogP contribution in [0.15, 0.2) is 54.6 Å². The number of rotatable bonds is 6. The quantitative estimate of drug-likeness (QED) is 0.516. The number of hydrogen-bond donors (Lipinski definition) is 4. The fourth-order valence-corrected chi connectivity index (χ4v) is 2.92. The third-order valence-corrected chi connectivity index (χ3v) is 4.46. The van der Waals surface area contributed by atoms with Crippen molar-refractivity contribution < 1.29 is 39.4 Å². The topological polar surface area (TPSA) is 126 Å². The molecule has 3 rings (SSSR count). The Labute approximate surface area is 161 Å². The lowest BCUT2D eigenvalue weighted by Crippen LogP contribution is -2.61. The highest BCUT2D eigenvalue weighted by Gasteiger charge is 2.48. The van der Waals surface area contributed by atoms with Gasteiger partial charge in [-0.05, 0) is 18.2 Å². The molecule has 8 nitrogen and oxygen atoms in total. The van der Waals surface area contributed by atoms with Crippen LogP contribution >= 0.6 is 0 Å². The molecule has 1 aliphatic heterocycles. The molecule has 1 fully saturated rings. The van der Waals surface area contributed by atoms with Gasteiger partial charge in [-0.1, -0.05) is 36.4 Å². The predicted octanol–water partition coefficient (Wildman–Crippen LogP) is 0.222. The molecule has 4 N–H and O–H groups in total. The highest BCUT2D eigenvalue weighted by atomic mass is 16.7. The van der Waals surface area contributed by atoms with Crippen molar-refractivity contribution >= 4 is 5.97 Å². The van der Waals surface area contributed by atoms with Crippen molar-refractivity contribution in [3.63, 3.8) is 0 Å². The molecule has 0 bridgehead atoms. The van der Waals surface area contributed by atoms with Crippen LogP contribution in [0.25, 0.3) is 0 Å². The Hall–Kier alpha value is -2.49. The van der Waals surface area contributed by atoms with E-state index in [0.717, 1.165) is 0 Å². The first kappa shape index (κ1) is 20.2. The largest absolute Gasteiger partial charge is 0.460 e. The Morgan fingerprint density at radius 1 is 0.964 bits per heavy atom. The maximum absolute atomic E-state index is 12.4. The zero-order valence-electron chi connectivity index (χ0n) is 14.9. The van der Waals surface area contributed by atoms with Crippen LogP contribution in [0, 0.1) is 0 Å². The molecule has 0 radical (unpaired) electrons. The Kier molecular flexibility index (Phi) is 6.61. The minimum absolute atomic E-state index is 0.253. The number of esters is 1. The van der Waals surface area contributed by atoms with Gasteiger partial charge in [-0.2, -0.15) is 0 Å². The van der Waals surface area contributed by atoms with Gasteiger partial charge >= 0.3 is 5.97 Å². The number of hydrogen-bond acceptors (Lipinski definition) is 8. The molecular weight excluding hydrogens is 368 g/mol. The standard InChI is InChI=1S/C20H22O8/c21-10-13-8-4-5-9-14(13)26-20-18(17(24)16(23)15(11-22)27-20)28-19(25)12-6-2-1-3-7-12/h1-9,15-18,20-24H,10-11H2/t15-,16-,17+,18-,20-/m0/s1. The summed E-state index contributed by atoms with van der Waals surface area (Å²) in [4.78, 5) is 12.4. The average molecular weight is 390 g/mol. The molecule has 0 unspecified atom stereocenters. The molecule has 0 saturated carbocycles. The molecule has 0 spiro atoms. The first-order valence-electron chi connectivity index (χ1n) is 8.79. The van der Waals surface area contributed by atoms with Gasteiger partial charge in [0.05, 0.1) is 18.8 Å². The summed E-state index contributed by atoms with van der Waals surface area (Å²) in [5, 5.41) is 39.5. The van der Waals surface area contributed by atoms with Gasteiger partial charge in [0.2, 0.25) is 6.29 Å².